The lowest BCUT2D eigenvalue weighted by atomic mass is 10.1. The van der Waals surface area contributed by atoms with Gasteiger partial charge in [-0.2, -0.15) is 0 Å². The molecule has 0 rings (SSSR count). The van der Waals surface area contributed by atoms with Crippen LogP contribution in [-0.2, 0) is 28.7 Å². The van der Waals surface area contributed by atoms with Gasteiger partial charge < -0.3 is 19.3 Å². The second kappa shape index (κ2) is 23.7. The summed E-state index contributed by atoms with van der Waals surface area (Å²) in [6.45, 7) is 16.6. The van der Waals surface area contributed by atoms with Crippen LogP contribution in [0.25, 0.3) is 0 Å². The zero-order valence-corrected chi connectivity index (χ0v) is 22.7. The fraction of sp³-hybridized carbons (Fsp3) is 0.467. The minimum absolute atomic E-state index is 0.292. The average Bonchev–Trinajstić information content (AvgIpc) is 2.90. The van der Waals surface area contributed by atoms with Gasteiger partial charge in [0, 0.05) is 50.5 Å². The Bertz CT molecular complexity index is 743. The lowest BCUT2D eigenvalue weighted by molar-refractivity contribution is -0.139. The highest BCUT2D eigenvalue weighted by atomic mass is 16.5. The third-order valence-corrected chi connectivity index (χ3v) is 5.27. The van der Waals surface area contributed by atoms with Crippen molar-refractivity contribution in [3.63, 3.8) is 0 Å². The van der Waals surface area contributed by atoms with Crippen LogP contribution >= 0.6 is 0 Å². The van der Waals surface area contributed by atoms with Crippen molar-refractivity contribution in [2.24, 2.45) is 0 Å². The van der Waals surface area contributed by atoms with Gasteiger partial charge in [-0.1, -0.05) is 62.8 Å². The summed E-state index contributed by atoms with van der Waals surface area (Å²) in [6.07, 6.45) is 18.9. The minimum Gasteiger partial charge on any atom is -0.463 e. The maximum atomic E-state index is 12.0. The number of hydrogen-bond donors (Lipinski definition) is 0. The van der Waals surface area contributed by atoms with Gasteiger partial charge in [0.2, 0.25) is 11.8 Å². The Balaban J connectivity index is 3.78. The van der Waals surface area contributed by atoms with E-state index in [0.29, 0.717) is 39.4 Å². The van der Waals surface area contributed by atoms with Crippen molar-refractivity contribution >= 4 is 23.8 Å². The molecule has 0 radical (unpaired) electrons. The van der Waals surface area contributed by atoms with E-state index in [2.05, 4.69) is 26.3 Å². The van der Waals surface area contributed by atoms with Crippen molar-refractivity contribution in [3.05, 3.63) is 74.9 Å². The normalized spacial score (nSPS) is 10.6. The van der Waals surface area contributed by atoms with Crippen molar-refractivity contribution < 1.29 is 28.7 Å². The predicted molar refractivity (Wildman–Crippen MR) is 151 cm³/mol. The highest BCUT2D eigenvalue weighted by Crippen LogP contribution is 2.09. The van der Waals surface area contributed by atoms with Crippen LogP contribution in [0.15, 0.2) is 74.9 Å². The molecule has 0 aliphatic carbocycles. The van der Waals surface area contributed by atoms with Gasteiger partial charge in [-0.25, -0.2) is 9.59 Å². The molecule has 8 heteroatoms. The van der Waals surface area contributed by atoms with E-state index in [1.807, 2.05) is 0 Å². The molecule has 0 unspecified atom stereocenters. The van der Waals surface area contributed by atoms with Crippen molar-refractivity contribution in [1.29, 1.82) is 0 Å². The summed E-state index contributed by atoms with van der Waals surface area (Å²) in [6, 6.07) is 0. The molecule has 210 valence electrons. The molecule has 0 spiro atoms. The van der Waals surface area contributed by atoms with Crippen LogP contribution < -0.4 is 0 Å². The monoisotopic (exact) mass is 528 g/mol. The zero-order chi connectivity index (χ0) is 28.4. The minimum atomic E-state index is -0.527. The molecular formula is C30H44N2O6. The molecule has 0 N–H and O–H groups in total. The maximum Gasteiger partial charge on any atom is 0.330 e. The van der Waals surface area contributed by atoms with E-state index in [0.717, 1.165) is 63.5 Å². The summed E-state index contributed by atoms with van der Waals surface area (Å²) in [5, 5.41) is 0. The predicted octanol–water partition coefficient (Wildman–Crippen LogP) is 4.71. The smallest absolute Gasteiger partial charge is 0.330 e. The molecule has 0 saturated heterocycles. The van der Waals surface area contributed by atoms with Gasteiger partial charge in [-0.15, -0.1) is 26.3 Å². The van der Waals surface area contributed by atoms with Crippen molar-refractivity contribution in [3.8, 4) is 0 Å². The third-order valence-electron chi connectivity index (χ3n) is 5.27. The number of carbonyl (C=O) groups is 4. The van der Waals surface area contributed by atoms with Gasteiger partial charge >= 0.3 is 11.9 Å². The first kappa shape index (κ1) is 34.3. The standard InChI is InChI=1S/C30H44N2O6/c1-5-21-31(22-6-2)27(33)17-19-29(35)37-25-15-13-11-9-10-12-14-16-26-38-30(36)20-18-28(34)32(23-7-3)24-8-4/h5-8,17-20H,1-4,9-16,21-26H2. The second-order valence-corrected chi connectivity index (χ2v) is 8.47. The van der Waals surface area contributed by atoms with Crippen LogP contribution in [0.1, 0.15) is 51.4 Å². The molecule has 0 aromatic carbocycles. The van der Waals surface area contributed by atoms with E-state index in [-0.39, 0.29) is 11.8 Å². The number of hydrogen-bond acceptors (Lipinski definition) is 6. The zero-order valence-electron chi connectivity index (χ0n) is 22.7. The fourth-order valence-electron chi connectivity index (χ4n) is 3.33. The lowest BCUT2D eigenvalue weighted by Crippen LogP contribution is -2.29. The first-order valence-corrected chi connectivity index (χ1v) is 13.1. The molecule has 0 atom stereocenters. The largest absolute Gasteiger partial charge is 0.463 e. The van der Waals surface area contributed by atoms with Crippen LogP contribution in [0.3, 0.4) is 0 Å². The molecule has 2 amide bonds. The Labute approximate surface area is 228 Å². The SMILES string of the molecule is C=CCN(CC=C)C(=O)C=CC(=O)OCCCCCCCCCCOC(=O)C=CC(=O)N(CC=C)CC=C. The van der Waals surface area contributed by atoms with E-state index >= 15 is 0 Å². The number of amides is 2. The van der Waals surface area contributed by atoms with Crippen molar-refractivity contribution in [2.75, 3.05) is 39.4 Å². The number of carbonyl (C=O) groups excluding carboxylic acids is 4. The van der Waals surface area contributed by atoms with Crippen LogP contribution in [0.4, 0.5) is 0 Å². The number of nitrogens with zero attached hydrogens (tertiary/aromatic N) is 2. The van der Waals surface area contributed by atoms with Gasteiger partial charge in [0.1, 0.15) is 0 Å². The first-order valence-electron chi connectivity index (χ1n) is 13.1. The summed E-state index contributed by atoms with van der Waals surface area (Å²) in [5.41, 5.74) is 0. The van der Waals surface area contributed by atoms with E-state index in [1.165, 1.54) is 22.0 Å². The Morgan fingerprint density at radius 3 is 1.05 bits per heavy atom. The maximum absolute atomic E-state index is 12.0. The summed E-state index contributed by atoms with van der Waals surface area (Å²) in [4.78, 5) is 50.5. The second-order valence-electron chi connectivity index (χ2n) is 8.47. The Morgan fingerprint density at radius 1 is 0.474 bits per heavy atom. The van der Waals surface area contributed by atoms with E-state index in [9.17, 15) is 19.2 Å². The Morgan fingerprint density at radius 2 is 0.763 bits per heavy atom. The molecule has 8 nitrogen and oxygen atoms in total. The quantitative estimate of drug-likeness (QED) is 0.0826. The molecule has 38 heavy (non-hydrogen) atoms. The molecule has 0 bridgehead atoms. The molecule has 0 aliphatic heterocycles. The highest BCUT2D eigenvalue weighted by Gasteiger charge is 2.09. The van der Waals surface area contributed by atoms with Crippen molar-refractivity contribution in [1.82, 2.24) is 9.80 Å². The van der Waals surface area contributed by atoms with E-state index in [4.69, 9.17) is 9.47 Å². The highest BCUT2D eigenvalue weighted by molar-refractivity contribution is 5.95. The Hall–Kier alpha value is -3.68. The molecule has 0 saturated carbocycles. The van der Waals surface area contributed by atoms with Crippen molar-refractivity contribution in [2.45, 2.75) is 51.4 Å². The molecule has 0 aromatic heterocycles. The number of ether oxygens (including phenoxy) is 2. The number of rotatable bonds is 23. The summed E-state index contributed by atoms with van der Waals surface area (Å²) in [5.74, 6) is -1.64. The average molecular weight is 529 g/mol. The van der Waals surface area contributed by atoms with Gasteiger partial charge in [-0.05, 0) is 12.8 Å². The third kappa shape index (κ3) is 18.6. The van der Waals surface area contributed by atoms with Gasteiger partial charge in [0.05, 0.1) is 13.2 Å². The van der Waals surface area contributed by atoms with Gasteiger partial charge in [0.15, 0.2) is 0 Å². The summed E-state index contributed by atoms with van der Waals surface area (Å²) < 4.78 is 10.3. The van der Waals surface area contributed by atoms with Gasteiger partial charge in [0.25, 0.3) is 0 Å². The molecule has 0 aliphatic rings. The Kier molecular flexibility index (Phi) is 21.4. The summed E-state index contributed by atoms with van der Waals surface area (Å²) >= 11 is 0. The van der Waals surface area contributed by atoms with Crippen LogP contribution in [0, 0.1) is 0 Å². The number of esters is 2. The number of unbranched alkanes of at least 4 members (excludes halogenated alkanes) is 7. The van der Waals surface area contributed by atoms with Crippen LogP contribution in [0.2, 0.25) is 0 Å². The molecule has 0 aromatic rings. The first-order chi connectivity index (χ1) is 18.4. The molecule has 0 heterocycles. The van der Waals surface area contributed by atoms with E-state index in [1.54, 1.807) is 24.3 Å². The molecular weight excluding hydrogens is 484 g/mol. The fourth-order valence-corrected chi connectivity index (χ4v) is 3.33. The molecule has 0 fully saturated rings. The van der Waals surface area contributed by atoms with Crippen LogP contribution in [0.5, 0.6) is 0 Å². The lowest BCUT2D eigenvalue weighted by Gasteiger charge is -2.16. The van der Waals surface area contributed by atoms with E-state index < -0.39 is 11.9 Å². The topological polar surface area (TPSA) is 93.2 Å². The van der Waals surface area contributed by atoms with Crippen LogP contribution in [-0.4, -0.2) is 72.9 Å². The van der Waals surface area contributed by atoms with Gasteiger partial charge in [-0.3, -0.25) is 9.59 Å². The summed E-state index contributed by atoms with van der Waals surface area (Å²) in [7, 11) is 0.